The number of thiazole rings is 1. The molecule has 5 nitrogen and oxygen atoms in total. The molecule has 4 aromatic rings. The van der Waals surface area contributed by atoms with Crippen LogP contribution < -0.4 is 4.74 Å². The van der Waals surface area contributed by atoms with E-state index in [1.54, 1.807) is 11.3 Å². The van der Waals surface area contributed by atoms with Gasteiger partial charge in [0.15, 0.2) is 0 Å². The van der Waals surface area contributed by atoms with Crippen LogP contribution in [0.15, 0.2) is 69.6 Å². The maximum absolute atomic E-state index is 5.81. The van der Waals surface area contributed by atoms with Crippen LogP contribution in [-0.2, 0) is 5.75 Å². The SMILES string of the molecule is CCOc1ccccc1-c1nnc(SCc2csc(-c3ccccc3)n2)o1. The van der Waals surface area contributed by atoms with Gasteiger partial charge in [-0.2, -0.15) is 0 Å². The summed E-state index contributed by atoms with van der Waals surface area (Å²) < 4.78 is 11.4. The Bertz CT molecular complexity index is 1010. The van der Waals surface area contributed by atoms with Gasteiger partial charge in [0.05, 0.1) is 17.9 Å². The summed E-state index contributed by atoms with van der Waals surface area (Å²) in [7, 11) is 0. The lowest BCUT2D eigenvalue weighted by Gasteiger charge is -2.05. The van der Waals surface area contributed by atoms with E-state index >= 15 is 0 Å². The maximum atomic E-state index is 5.81. The molecule has 0 saturated heterocycles. The molecular formula is C20H17N3O2S2. The van der Waals surface area contributed by atoms with Crippen LogP contribution in [0.1, 0.15) is 12.6 Å². The lowest BCUT2D eigenvalue weighted by Crippen LogP contribution is -1.93. The second-order valence-corrected chi connectivity index (χ2v) is 7.39. The van der Waals surface area contributed by atoms with Crippen LogP contribution in [0.5, 0.6) is 5.75 Å². The Morgan fingerprint density at radius 3 is 2.70 bits per heavy atom. The van der Waals surface area contributed by atoms with Gasteiger partial charge in [-0.1, -0.05) is 54.2 Å². The third-order valence-electron chi connectivity index (χ3n) is 3.74. The van der Waals surface area contributed by atoms with Crippen LogP contribution >= 0.6 is 23.1 Å². The van der Waals surface area contributed by atoms with Gasteiger partial charge in [0.25, 0.3) is 11.1 Å². The molecule has 4 rings (SSSR count). The summed E-state index contributed by atoms with van der Waals surface area (Å²) in [5.74, 6) is 1.88. The van der Waals surface area contributed by atoms with Crippen molar-refractivity contribution in [1.29, 1.82) is 0 Å². The number of aromatic nitrogens is 3. The van der Waals surface area contributed by atoms with E-state index in [0.717, 1.165) is 27.6 Å². The third-order valence-corrected chi connectivity index (χ3v) is 5.53. The van der Waals surface area contributed by atoms with E-state index in [9.17, 15) is 0 Å². The van der Waals surface area contributed by atoms with Crippen LogP contribution in [0.4, 0.5) is 0 Å². The molecule has 0 fully saturated rings. The summed E-state index contributed by atoms with van der Waals surface area (Å²) in [6, 6.07) is 17.8. The number of nitrogens with zero attached hydrogens (tertiary/aromatic N) is 3. The molecule has 2 aromatic heterocycles. The Balaban J connectivity index is 1.44. The highest BCUT2D eigenvalue weighted by Crippen LogP contribution is 2.32. The highest BCUT2D eigenvalue weighted by molar-refractivity contribution is 7.98. The monoisotopic (exact) mass is 395 g/mol. The largest absolute Gasteiger partial charge is 0.493 e. The average Bonchev–Trinajstić information content (AvgIpc) is 3.37. The second-order valence-electron chi connectivity index (χ2n) is 5.60. The van der Waals surface area contributed by atoms with Gasteiger partial charge in [-0.15, -0.1) is 21.5 Å². The van der Waals surface area contributed by atoms with Crippen molar-refractivity contribution in [2.75, 3.05) is 6.61 Å². The van der Waals surface area contributed by atoms with Crippen molar-refractivity contribution in [3.8, 4) is 27.8 Å². The summed E-state index contributed by atoms with van der Waals surface area (Å²) in [5.41, 5.74) is 2.93. The fraction of sp³-hybridized carbons (Fsp3) is 0.150. The average molecular weight is 396 g/mol. The zero-order valence-corrected chi connectivity index (χ0v) is 16.3. The molecule has 0 unspecified atom stereocenters. The molecule has 0 amide bonds. The van der Waals surface area contributed by atoms with Gasteiger partial charge in [-0.25, -0.2) is 4.98 Å². The summed E-state index contributed by atoms with van der Waals surface area (Å²) in [4.78, 5) is 4.69. The minimum absolute atomic E-state index is 0.463. The Labute approximate surface area is 165 Å². The molecule has 0 aliphatic rings. The van der Waals surface area contributed by atoms with E-state index in [4.69, 9.17) is 9.15 Å². The molecule has 2 aromatic carbocycles. The first-order valence-electron chi connectivity index (χ1n) is 8.52. The Kier molecular flexibility index (Phi) is 5.50. The van der Waals surface area contributed by atoms with E-state index in [0.29, 0.717) is 23.5 Å². The van der Waals surface area contributed by atoms with Crippen molar-refractivity contribution < 1.29 is 9.15 Å². The zero-order valence-electron chi connectivity index (χ0n) is 14.7. The summed E-state index contributed by atoms with van der Waals surface area (Å²) in [5, 5.41) is 11.9. The number of ether oxygens (including phenoxy) is 1. The molecule has 0 aliphatic heterocycles. The van der Waals surface area contributed by atoms with Crippen LogP contribution in [0, 0.1) is 0 Å². The van der Waals surface area contributed by atoms with E-state index in [1.165, 1.54) is 11.8 Å². The standard InChI is InChI=1S/C20H17N3O2S2/c1-2-24-17-11-7-6-10-16(17)18-22-23-20(25-18)27-13-15-12-26-19(21-15)14-8-4-3-5-9-14/h3-12H,2,13H2,1H3. The molecule has 27 heavy (non-hydrogen) atoms. The normalized spacial score (nSPS) is 10.9. The molecule has 0 bridgehead atoms. The lowest BCUT2D eigenvalue weighted by molar-refractivity contribution is 0.340. The second kappa shape index (κ2) is 8.37. The van der Waals surface area contributed by atoms with Crippen molar-refractivity contribution in [2.24, 2.45) is 0 Å². The van der Waals surface area contributed by atoms with Crippen molar-refractivity contribution >= 4 is 23.1 Å². The number of thioether (sulfide) groups is 1. The molecule has 0 saturated carbocycles. The van der Waals surface area contributed by atoms with Crippen LogP contribution in [0.25, 0.3) is 22.0 Å². The maximum Gasteiger partial charge on any atom is 0.277 e. The lowest BCUT2D eigenvalue weighted by atomic mass is 10.2. The topological polar surface area (TPSA) is 61.0 Å². The van der Waals surface area contributed by atoms with E-state index in [-0.39, 0.29) is 0 Å². The summed E-state index contributed by atoms with van der Waals surface area (Å²) >= 11 is 3.12. The Morgan fingerprint density at radius 1 is 1.04 bits per heavy atom. The first kappa shape index (κ1) is 17.8. The van der Waals surface area contributed by atoms with E-state index < -0.39 is 0 Å². The fourth-order valence-corrected chi connectivity index (χ4v) is 4.11. The van der Waals surface area contributed by atoms with Crippen molar-refractivity contribution in [3.63, 3.8) is 0 Å². The number of benzene rings is 2. The molecule has 0 radical (unpaired) electrons. The first-order chi connectivity index (χ1) is 13.3. The van der Waals surface area contributed by atoms with Crippen molar-refractivity contribution in [1.82, 2.24) is 15.2 Å². The zero-order chi connectivity index (χ0) is 18.5. The fourth-order valence-electron chi connectivity index (χ4n) is 2.52. The van der Waals surface area contributed by atoms with Crippen LogP contribution in [-0.4, -0.2) is 21.8 Å². The van der Waals surface area contributed by atoms with Gasteiger partial charge in [0.2, 0.25) is 0 Å². The van der Waals surface area contributed by atoms with Crippen LogP contribution in [0.3, 0.4) is 0 Å². The number of hydrogen-bond donors (Lipinski definition) is 0. The third kappa shape index (κ3) is 4.20. The molecule has 7 heteroatoms. The van der Waals surface area contributed by atoms with E-state index in [2.05, 4.69) is 32.7 Å². The van der Waals surface area contributed by atoms with Crippen molar-refractivity contribution in [2.45, 2.75) is 17.9 Å². The first-order valence-corrected chi connectivity index (χ1v) is 10.4. The predicted molar refractivity (Wildman–Crippen MR) is 108 cm³/mol. The van der Waals surface area contributed by atoms with Gasteiger partial charge in [0, 0.05) is 16.7 Å². The highest BCUT2D eigenvalue weighted by atomic mass is 32.2. The van der Waals surface area contributed by atoms with Gasteiger partial charge in [0.1, 0.15) is 10.8 Å². The highest BCUT2D eigenvalue weighted by Gasteiger charge is 2.14. The molecular weight excluding hydrogens is 378 g/mol. The quantitative estimate of drug-likeness (QED) is 0.382. The Morgan fingerprint density at radius 2 is 1.85 bits per heavy atom. The van der Waals surface area contributed by atoms with Gasteiger partial charge >= 0.3 is 0 Å². The predicted octanol–water partition coefficient (Wildman–Crippen LogP) is 5.55. The molecule has 2 heterocycles. The van der Waals surface area contributed by atoms with Gasteiger partial charge in [-0.3, -0.25) is 0 Å². The molecule has 0 spiro atoms. The summed E-state index contributed by atoms with van der Waals surface area (Å²) in [6.45, 7) is 2.53. The Hall–Kier alpha value is -2.64. The van der Waals surface area contributed by atoms with Gasteiger partial charge in [-0.05, 0) is 19.1 Å². The minimum atomic E-state index is 0.463. The minimum Gasteiger partial charge on any atom is -0.493 e. The molecule has 0 atom stereocenters. The smallest absolute Gasteiger partial charge is 0.277 e. The van der Waals surface area contributed by atoms with Gasteiger partial charge < -0.3 is 9.15 Å². The number of rotatable bonds is 7. The number of hydrogen-bond acceptors (Lipinski definition) is 7. The van der Waals surface area contributed by atoms with Crippen LogP contribution in [0.2, 0.25) is 0 Å². The number of para-hydroxylation sites is 1. The molecule has 136 valence electrons. The molecule has 0 aliphatic carbocycles. The van der Waals surface area contributed by atoms with Crippen molar-refractivity contribution in [3.05, 3.63) is 65.7 Å². The van der Waals surface area contributed by atoms with E-state index in [1.807, 2.05) is 49.4 Å². The summed E-state index contributed by atoms with van der Waals surface area (Å²) in [6.07, 6.45) is 0. The molecule has 0 N–H and O–H groups in total.